The van der Waals surface area contributed by atoms with Gasteiger partial charge in [-0.25, -0.2) is 0 Å². The predicted octanol–water partition coefficient (Wildman–Crippen LogP) is 2.89. The monoisotopic (exact) mass is 360 g/mol. The fourth-order valence-electron chi connectivity index (χ4n) is 1.71. The molecule has 0 fully saturated rings. The van der Waals surface area contributed by atoms with Crippen molar-refractivity contribution in [2.45, 2.75) is 19.4 Å². The molecule has 0 amide bonds. The van der Waals surface area contributed by atoms with Crippen molar-refractivity contribution in [3.63, 3.8) is 0 Å². The lowest BCUT2D eigenvalue weighted by Gasteiger charge is -2.07. The zero-order valence-electron chi connectivity index (χ0n) is 12.1. The van der Waals surface area contributed by atoms with Crippen LogP contribution in [-0.2, 0) is 16.0 Å². The van der Waals surface area contributed by atoms with Gasteiger partial charge in [0.25, 0.3) is 5.69 Å². The first kappa shape index (κ1) is 18.0. The van der Waals surface area contributed by atoms with E-state index in [0.29, 0.717) is 19.8 Å². The molecule has 0 aromatic heterocycles. The van der Waals surface area contributed by atoms with Crippen molar-refractivity contribution >= 4 is 21.6 Å². The van der Waals surface area contributed by atoms with E-state index >= 15 is 0 Å². The van der Waals surface area contributed by atoms with Crippen molar-refractivity contribution in [2.75, 3.05) is 33.5 Å². The van der Waals surface area contributed by atoms with E-state index in [1.807, 2.05) is 0 Å². The molecule has 0 aliphatic rings. The number of hydrogen-bond acceptors (Lipinski definition) is 5. The number of nitro benzene ring substituents is 1. The number of nitro groups is 1. The highest BCUT2D eigenvalue weighted by atomic mass is 79.9. The Hall–Kier alpha value is -1.02. The average Bonchev–Trinajstić information content (AvgIpc) is 2.46. The molecule has 0 atom stereocenters. The van der Waals surface area contributed by atoms with Crippen LogP contribution in [0.25, 0.3) is 0 Å². The molecule has 7 heteroatoms. The van der Waals surface area contributed by atoms with E-state index in [1.165, 1.54) is 12.1 Å². The molecule has 0 unspecified atom stereocenters. The van der Waals surface area contributed by atoms with Crippen LogP contribution in [0.4, 0.5) is 5.69 Å². The van der Waals surface area contributed by atoms with E-state index < -0.39 is 4.92 Å². The van der Waals surface area contributed by atoms with E-state index in [4.69, 9.17) is 9.47 Å². The van der Waals surface area contributed by atoms with Crippen molar-refractivity contribution in [2.24, 2.45) is 0 Å². The zero-order chi connectivity index (χ0) is 15.5. The number of benzene rings is 1. The highest BCUT2D eigenvalue weighted by Crippen LogP contribution is 2.22. The molecule has 0 aliphatic carbocycles. The van der Waals surface area contributed by atoms with Crippen LogP contribution in [0.3, 0.4) is 0 Å². The Morgan fingerprint density at radius 1 is 1.29 bits per heavy atom. The Morgan fingerprint density at radius 3 is 2.76 bits per heavy atom. The third kappa shape index (κ3) is 7.52. The first-order valence-electron chi connectivity index (χ1n) is 6.85. The summed E-state index contributed by atoms with van der Waals surface area (Å²) in [6.07, 6.45) is 2.02. The Labute approximate surface area is 133 Å². The number of halogens is 1. The fourth-order valence-corrected chi connectivity index (χ4v) is 2.22. The number of hydrogen-bond donors (Lipinski definition) is 1. The van der Waals surface area contributed by atoms with Crippen LogP contribution >= 0.6 is 15.9 Å². The van der Waals surface area contributed by atoms with E-state index in [2.05, 4.69) is 21.2 Å². The van der Waals surface area contributed by atoms with Crippen molar-refractivity contribution in [1.29, 1.82) is 0 Å². The highest BCUT2D eigenvalue weighted by Gasteiger charge is 2.08. The van der Waals surface area contributed by atoms with E-state index in [0.717, 1.165) is 36.0 Å². The van der Waals surface area contributed by atoms with Gasteiger partial charge in [-0.15, -0.1) is 0 Å². The zero-order valence-corrected chi connectivity index (χ0v) is 13.7. The quantitative estimate of drug-likeness (QED) is 0.373. The Kier molecular flexibility index (Phi) is 9.16. The predicted molar refractivity (Wildman–Crippen MR) is 84.4 cm³/mol. The maximum absolute atomic E-state index is 10.6. The van der Waals surface area contributed by atoms with Crippen molar-refractivity contribution in [3.05, 3.63) is 38.3 Å². The minimum absolute atomic E-state index is 0.0961. The van der Waals surface area contributed by atoms with Crippen LogP contribution < -0.4 is 5.32 Å². The second-order valence-electron chi connectivity index (χ2n) is 4.52. The van der Waals surface area contributed by atoms with Gasteiger partial charge in [0.2, 0.25) is 0 Å². The molecule has 1 aromatic carbocycles. The maximum Gasteiger partial charge on any atom is 0.270 e. The summed E-state index contributed by atoms with van der Waals surface area (Å²) >= 11 is 3.36. The summed E-state index contributed by atoms with van der Waals surface area (Å²) in [5, 5.41) is 14.0. The molecular formula is C14H21BrN2O4. The number of nitrogens with one attached hydrogen (secondary N) is 1. The maximum atomic E-state index is 10.6. The summed E-state index contributed by atoms with van der Waals surface area (Å²) in [4.78, 5) is 10.2. The Bertz CT molecular complexity index is 443. The molecule has 0 spiro atoms. The minimum Gasteiger partial charge on any atom is -0.382 e. The Morgan fingerprint density at radius 2 is 2.10 bits per heavy atom. The summed E-state index contributed by atoms with van der Waals surface area (Å²) < 4.78 is 11.0. The Balaban J connectivity index is 2.14. The van der Waals surface area contributed by atoms with Crippen LogP contribution in [0.5, 0.6) is 0 Å². The largest absolute Gasteiger partial charge is 0.382 e. The van der Waals surface area contributed by atoms with Crippen LogP contribution in [0.1, 0.15) is 18.4 Å². The van der Waals surface area contributed by atoms with Gasteiger partial charge in [0, 0.05) is 36.9 Å². The molecule has 6 nitrogen and oxygen atoms in total. The molecule has 0 saturated carbocycles. The lowest BCUT2D eigenvalue weighted by Crippen LogP contribution is -2.15. The van der Waals surface area contributed by atoms with Gasteiger partial charge in [0.1, 0.15) is 0 Å². The molecule has 1 N–H and O–H groups in total. The van der Waals surface area contributed by atoms with Gasteiger partial charge in [-0.2, -0.15) is 0 Å². The second-order valence-corrected chi connectivity index (χ2v) is 5.38. The molecule has 0 saturated heterocycles. The SMILES string of the molecule is COCCOCCCCNCc1ccc([N+](=O)[O-])cc1Br. The molecule has 0 aliphatic heterocycles. The van der Waals surface area contributed by atoms with Gasteiger partial charge < -0.3 is 14.8 Å². The minimum atomic E-state index is -0.397. The number of ether oxygens (including phenoxy) is 2. The summed E-state index contributed by atoms with van der Waals surface area (Å²) in [5.41, 5.74) is 1.11. The molecule has 0 heterocycles. The topological polar surface area (TPSA) is 73.6 Å². The van der Waals surface area contributed by atoms with Gasteiger partial charge in [-0.3, -0.25) is 10.1 Å². The number of non-ortho nitro benzene ring substituents is 1. The third-order valence-corrected chi connectivity index (χ3v) is 3.63. The van der Waals surface area contributed by atoms with Gasteiger partial charge in [0.05, 0.1) is 18.1 Å². The molecule has 0 radical (unpaired) electrons. The van der Waals surface area contributed by atoms with Crippen molar-refractivity contribution in [1.82, 2.24) is 5.32 Å². The van der Waals surface area contributed by atoms with Crippen molar-refractivity contribution in [3.8, 4) is 0 Å². The standard InChI is InChI=1S/C14H21BrN2O4/c1-20-8-9-21-7-3-2-6-16-11-12-4-5-13(17(18)19)10-14(12)15/h4-5,10,16H,2-3,6-9,11H2,1H3. The average molecular weight is 361 g/mol. The molecule has 1 rings (SSSR count). The third-order valence-electron chi connectivity index (χ3n) is 2.89. The number of unbranched alkanes of at least 4 members (excludes halogenated alkanes) is 1. The molecule has 0 bridgehead atoms. The summed E-state index contributed by atoms with van der Waals surface area (Å²) in [6.45, 7) is 3.58. The summed E-state index contributed by atoms with van der Waals surface area (Å²) in [7, 11) is 1.66. The molecule has 118 valence electrons. The van der Waals surface area contributed by atoms with Crippen LogP contribution in [0, 0.1) is 10.1 Å². The van der Waals surface area contributed by atoms with Crippen molar-refractivity contribution < 1.29 is 14.4 Å². The van der Waals surface area contributed by atoms with Crippen LogP contribution in [0.15, 0.2) is 22.7 Å². The smallest absolute Gasteiger partial charge is 0.270 e. The summed E-state index contributed by atoms with van der Waals surface area (Å²) in [6, 6.07) is 4.81. The number of methoxy groups -OCH3 is 1. The van der Waals surface area contributed by atoms with Gasteiger partial charge in [-0.1, -0.05) is 15.9 Å². The molecular weight excluding hydrogens is 340 g/mol. The van der Waals surface area contributed by atoms with Crippen LogP contribution in [0.2, 0.25) is 0 Å². The number of nitrogens with zero attached hydrogens (tertiary/aromatic N) is 1. The molecule has 1 aromatic rings. The number of rotatable bonds is 11. The summed E-state index contributed by atoms with van der Waals surface area (Å²) in [5.74, 6) is 0. The lowest BCUT2D eigenvalue weighted by molar-refractivity contribution is -0.384. The first-order valence-corrected chi connectivity index (χ1v) is 7.64. The van der Waals surface area contributed by atoms with Gasteiger partial charge >= 0.3 is 0 Å². The van der Waals surface area contributed by atoms with Gasteiger partial charge in [0.15, 0.2) is 0 Å². The second kappa shape index (κ2) is 10.7. The molecule has 21 heavy (non-hydrogen) atoms. The van der Waals surface area contributed by atoms with E-state index in [1.54, 1.807) is 13.2 Å². The fraction of sp³-hybridized carbons (Fsp3) is 0.571. The normalized spacial score (nSPS) is 10.8. The van der Waals surface area contributed by atoms with E-state index in [9.17, 15) is 10.1 Å². The van der Waals surface area contributed by atoms with E-state index in [-0.39, 0.29) is 5.69 Å². The van der Waals surface area contributed by atoms with Crippen LogP contribution in [-0.4, -0.2) is 38.4 Å². The van der Waals surface area contributed by atoms with Gasteiger partial charge in [-0.05, 0) is 31.0 Å². The highest BCUT2D eigenvalue weighted by molar-refractivity contribution is 9.10. The lowest BCUT2D eigenvalue weighted by atomic mass is 10.2. The first-order chi connectivity index (χ1) is 10.1.